The fraction of sp³-hybridized carbons (Fsp3) is 0.786. The standard InChI is InChI=1S/C14H24ClN3/c1-10-13(15)11(18(4)17-10)9-12(16-3)14(2)7-5-6-8-14/h12,16H,5-9H2,1-4H3. The summed E-state index contributed by atoms with van der Waals surface area (Å²) in [6, 6.07) is 0.479. The van der Waals surface area contributed by atoms with E-state index in [9.17, 15) is 0 Å². The normalized spacial score (nSPS) is 20.3. The Labute approximate surface area is 115 Å². The molecule has 1 aromatic heterocycles. The summed E-state index contributed by atoms with van der Waals surface area (Å²) in [5.41, 5.74) is 2.48. The molecule has 1 atom stereocenters. The lowest BCUT2D eigenvalue weighted by Crippen LogP contribution is -2.42. The first-order valence-electron chi connectivity index (χ1n) is 6.83. The van der Waals surface area contributed by atoms with Gasteiger partial charge < -0.3 is 5.32 Å². The third-order valence-corrected chi connectivity index (χ3v) is 5.09. The maximum Gasteiger partial charge on any atom is 0.0847 e. The molecule has 1 unspecified atom stereocenters. The summed E-state index contributed by atoms with van der Waals surface area (Å²) in [5.74, 6) is 0. The van der Waals surface area contributed by atoms with Gasteiger partial charge in [-0.25, -0.2) is 0 Å². The quantitative estimate of drug-likeness (QED) is 0.910. The number of aryl methyl sites for hydroxylation is 2. The van der Waals surface area contributed by atoms with Crippen LogP contribution in [0.15, 0.2) is 0 Å². The second-order valence-corrected chi connectivity index (χ2v) is 6.25. The number of halogens is 1. The lowest BCUT2D eigenvalue weighted by atomic mass is 9.78. The van der Waals surface area contributed by atoms with Gasteiger partial charge in [-0.05, 0) is 32.2 Å². The molecule has 0 spiro atoms. The van der Waals surface area contributed by atoms with E-state index in [0.29, 0.717) is 11.5 Å². The maximum absolute atomic E-state index is 6.36. The SMILES string of the molecule is CNC(Cc1c(Cl)c(C)nn1C)C1(C)CCCC1. The topological polar surface area (TPSA) is 29.9 Å². The fourth-order valence-electron chi connectivity index (χ4n) is 3.32. The summed E-state index contributed by atoms with van der Waals surface area (Å²) in [4.78, 5) is 0. The van der Waals surface area contributed by atoms with Gasteiger partial charge in [0.15, 0.2) is 0 Å². The van der Waals surface area contributed by atoms with Crippen molar-refractivity contribution in [1.29, 1.82) is 0 Å². The second-order valence-electron chi connectivity index (χ2n) is 5.88. The molecular weight excluding hydrogens is 246 g/mol. The molecule has 3 nitrogen and oxygen atoms in total. The zero-order valence-electron chi connectivity index (χ0n) is 11.9. The largest absolute Gasteiger partial charge is 0.316 e. The molecule has 1 aromatic rings. The van der Waals surface area contributed by atoms with Crippen LogP contribution >= 0.6 is 11.6 Å². The van der Waals surface area contributed by atoms with Crippen molar-refractivity contribution in [2.75, 3.05) is 7.05 Å². The zero-order valence-corrected chi connectivity index (χ0v) is 12.6. The van der Waals surface area contributed by atoms with Crippen LogP contribution in [-0.4, -0.2) is 22.9 Å². The van der Waals surface area contributed by atoms with Gasteiger partial charge in [0, 0.05) is 19.5 Å². The van der Waals surface area contributed by atoms with Crippen molar-refractivity contribution >= 4 is 11.6 Å². The van der Waals surface area contributed by atoms with Crippen LogP contribution in [0.4, 0.5) is 0 Å². The predicted molar refractivity (Wildman–Crippen MR) is 76.1 cm³/mol. The van der Waals surface area contributed by atoms with Gasteiger partial charge >= 0.3 is 0 Å². The van der Waals surface area contributed by atoms with Gasteiger partial charge in [0.1, 0.15) is 0 Å². The van der Waals surface area contributed by atoms with Crippen LogP contribution in [-0.2, 0) is 13.5 Å². The number of hydrogen-bond donors (Lipinski definition) is 1. The van der Waals surface area contributed by atoms with Crippen molar-refractivity contribution in [2.24, 2.45) is 12.5 Å². The van der Waals surface area contributed by atoms with E-state index in [4.69, 9.17) is 11.6 Å². The molecule has 1 heterocycles. The second kappa shape index (κ2) is 5.22. The van der Waals surface area contributed by atoms with E-state index >= 15 is 0 Å². The molecule has 1 aliphatic carbocycles. The smallest absolute Gasteiger partial charge is 0.0847 e. The van der Waals surface area contributed by atoms with Crippen molar-refractivity contribution in [1.82, 2.24) is 15.1 Å². The Bertz CT molecular complexity index is 419. The van der Waals surface area contributed by atoms with Crippen molar-refractivity contribution in [3.63, 3.8) is 0 Å². The highest BCUT2D eigenvalue weighted by molar-refractivity contribution is 6.31. The van der Waals surface area contributed by atoms with E-state index in [0.717, 1.165) is 22.8 Å². The molecule has 1 fully saturated rings. The number of nitrogens with zero attached hydrogens (tertiary/aromatic N) is 2. The van der Waals surface area contributed by atoms with E-state index in [2.05, 4.69) is 24.4 Å². The number of aromatic nitrogens is 2. The van der Waals surface area contributed by atoms with Gasteiger partial charge in [-0.1, -0.05) is 31.4 Å². The molecule has 1 aliphatic rings. The molecule has 0 amide bonds. The molecule has 0 bridgehead atoms. The third kappa shape index (κ3) is 2.43. The van der Waals surface area contributed by atoms with E-state index in [1.807, 2.05) is 18.7 Å². The zero-order chi connectivity index (χ0) is 13.3. The Morgan fingerprint density at radius 1 is 1.44 bits per heavy atom. The van der Waals surface area contributed by atoms with E-state index < -0.39 is 0 Å². The van der Waals surface area contributed by atoms with Gasteiger partial charge in [-0.15, -0.1) is 0 Å². The number of nitrogens with one attached hydrogen (secondary N) is 1. The summed E-state index contributed by atoms with van der Waals surface area (Å²) >= 11 is 6.36. The monoisotopic (exact) mass is 269 g/mol. The highest BCUT2D eigenvalue weighted by Gasteiger charge is 2.36. The molecule has 0 aromatic carbocycles. The van der Waals surface area contributed by atoms with Crippen molar-refractivity contribution in [2.45, 2.75) is 52.0 Å². The Balaban J connectivity index is 2.20. The van der Waals surface area contributed by atoms with Gasteiger partial charge in [0.25, 0.3) is 0 Å². The van der Waals surface area contributed by atoms with E-state index in [-0.39, 0.29) is 0 Å². The Kier molecular flexibility index (Phi) is 4.02. The van der Waals surface area contributed by atoms with Crippen LogP contribution in [0.2, 0.25) is 5.02 Å². The van der Waals surface area contributed by atoms with Crippen molar-refractivity contribution in [3.05, 3.63) is 16.4 Å². The Hall–Kier alpha value is -0.540. The molecule has 1 saturated carbocycles. The van der Waals surface area contributed by atoms with E-state index in [1.54, 1.807) is 0 Å². The van der Waals surface area contributed by atoms with Gasteiger partial charge in [-0.2, -0.15) is 5.10 Å². The summed E-state index contributed by atoms with van der Waals surface area (Å²) < 4.78 is 1.93. The highest BCUT2D eigenvalue weighted by atomic mass is 35.5. The Morgan fingerprint density at radius 2 is 2.06 bits per heavy atom. The summed E-state index contributed by atoms with van der Waals surface area (Å²) in [6.07, 6.45) is 6.29. The third-order valence-electron chi connectivity index (χ3n) is 4.59. The highest BCUT2D eigenvalue weighted by Crippen LogP contribution is 2.41. The van der Waals surface area contributed by atoms with Crippen molar-refractivity contribution < 1.29 is 0 Å². The molecule has 0 saturated heterocycles. The minimum atomic E-state index is 0.399. The molecule has 0 aliphatic heterocycles. The minimum Gasteiger partial charge on any atom is -0.316 e. The molecule has 4 heteroatoms. The number of rotatable bonds is 4. The summed E-state index contributed by atoms with van der Waals surface area (Å²) in [7, 11) is 4.04. The first kappa shape index (κ1) is 13.9. The van der Waals surface area contributed by atoms with Crippen LogP contribution in [0.5, 0.6) is 0 Å². The molecule has 0 radical (unpaired) electrons. The van der Waals surface area contributed by atoms with Crippen LogP contribution in [0, 0.1) is 12.3 Å². The van der Waals surface area contributed by atoms with Gasteiger partial charge in [0.2, 0.25) is 0 Å². The average Bonchev–Trinajstić information content (AvgIpc) is 2.85. The van der Waals surface area contributed by atoms with Crippen LogP contribution in [0.3, 0.4) is 0 Å². The maximum atomic E-state index is 6.36. The summed E-state index contributed by atoms with van der Waals surface area (Å²) in [6.45, 7) is 4.37. The van der Waals surface area contributed by atoms with E-state index in [1.165, 1.54) is 25.7 Å². The molecule has 18 heavy (non-hydrogen) atoms. The van der Waals surface area contributed by atoms with Crippen molar-refractivity contribution in [3.8, 4) is 0 Å². The summed E-state index contributed by atoms with van der Waals surface area (Å²) in [5, 5.41) is 8.73. The number of hydrogen-bond acceptors (Lipinski definition) is 2. The van der Waals surface area contributed by atoms with Crippen LogP contribution in [0.1, 0.15) is 44.0 Å². The number of likely N-dealkylation sites (N-methyl/N-ethyl adjacent to an activating group) is 1. The lowest BCUT2D eigenvalue weighted by Gasteiger charge is -2.34. The predicted octanol–water partition coefficient (Wildman–Crippen LogP) is 3.09. The Morgan fingerprint density at radius 3 is 2.50 bits per heavy atom. The van der Waals surface area contributed by atoms with Gasteiger partial charge in [-0.3, -0.25) is 4.68 Å². The minimum absolute atomic E-state index is 0.399. The van der Waals surface area contributed by atoms with Crippen LogP contribution in [0.25, 0.3) is 0 Å². The fourth-order valence-corrected chi connectivity index (χ4v) is 3.56. The van der Waals surface area contributed by atoms with Crippen LogP contribution < -0.4 is 5.32 Å². The first-order valence-corrected chi connectivity index (χ1v) is 7.21. The van der Waals surface area contributed by atoms with Gasteiger partial charge in [0.05, 0.1) is 16.4 Å². The first-order chi connectivity index (χ1) is 8.48. The molecular formula is C14H24ClN3. The average molecular weight is 270 g/mol. The molecule has 102 valence electrons. The molecule has 2 rings (SSSR count). The molecule has 1 N–H and O–H groups in total. The lowest BCUT2D eigenvalue weighted by molar-refractivity contribution is 0.227.